The third kappa shape index (κ3) is 3.57. The third-order valence-corrected chi connectivity index (χ3v) is 7.00. The summed E-state index contributed by atoms with van der Waals surface area (Å²) in [6, 6.07) is 16.6. The van der Waals surface area contributed by atoms with Crippen molar-refractivity contribution in [1.82, 2.24) is 9.55 Å². The molecule has 1 aromatic carbocycles. The van der Waals surface area contributed by atoms with Gasteiger partial charge in [-0.2, -0.15) is 0 Å². The number of H-pyrrole nitrogens is 1. The highest BCUT2D eigenvalue weighted by Crippen LogP contribution is 2.36. The first-order chi connectivity index (χ1) is 15.7. The second kappa shape index (κ2) is 8.57. The Labute approximate surface area is 191 Å². The smallest absolute Gasteiger partial charge is 0.338 e. The molecule has 0 unspecified atom stereocenters. The number of esters is 1. The van der Waals surface area contributed by atoms with E-state index in [9.17, 15) is 9.59 Å². The molecule has 4 heterocycles. The molecule has 0 saturated carbocycles. The molecule has 0 radical (unpaired) electrons. The molecule has 0 aliphatic carbocycles. The molecule has 160 valence electrons. The van der Waals surface area contributed by atoms with Crippen LogP contribution in [-0.4, -0.2) is 22.1 Å². The zero-order chi connectivity index (χ0) is 22.1. The van der Waals surface area contributed by atoms with E-state index in [1.165, 1.54) is 22.7 Å². The number of carbonyl (C=O) groups is 1. The molecule has 5 rings (SSSR count). The van der Waals surface area contributed by atoms with Gasteiger partial charge in [0.05, 0.1) is 22.4 Å². The lowest BCUT2D eigenvalue weighted by molar-refractivity contribution is -0.138. The van der Waals surface area contributed by atoms with E-state index in [2.05, 4.69) is 4.98 Å². The number of benzene rings is 1. The molecule has 0 spiro atoms. The average molecular weight is 462 g/mol. The summed E-state index contributed by atoms with van der Waals surface area (Å²) in [5, 5.41) is 1.94. The van der Waals surface area contributed by atoms with Gasteiger partial charge in [0.25, 0.3) is 5.56 Å². The highest BCUT2D eigenvalue weighted by Gasteiger charge is 2.35. The number of aromatic nitrogens is 2. The topological polar surface area (TPSA) is 76.4 Å². The van der Waals surface area contributed by atoms with Gasteiger partial charge in [-0.3, -0.25) is 9.36 Å². The number of aromatic amines is 1. The van der Waals surface area contributed by atoms with Gasteiger partial charge in [0.1, 0.15) is 6.04 Å². The van der Waals surface area contributed by atoms with Crippen molar-refractivity contribution in [2.75, 3.05) is 6.61 Å². The fraction of sp³-hybridized carbons (Fsp3) is 0.125. The maximum absolute atomic E-state index is 13.5. The van der Waals surface area contributed by atoms with Crippen molar-refractivity contribution in [2.24, 2.45) is 4.99 Å². The van der Waals surface area contributed by atoms with E-state index in [1.807, 2.05) is 72.3 Å². The van der Waals surface area contributed by atoms with E-state index < -0.39 is 12.0 Å². The van der Waals surface area contributed by atoms with Crippen molar-refractivity contribution in [3.8, 4) is 0 Å². The molecule has 0 bridgehead atoms. The Balaban J connectivity index is 1.83. The van der Waals surface area contributed by atoms with Crippen LogP contribution < -0.4 is 14.9 Å². The molecule has 1 N–H and O–H groups in total. The van der Waals surface area contributed by atoms with Gasteiger partial charge in [0, 0.05) is 22.3 Å². The van der Waals surface area contributed by atoms with Crippen LogP contribution >= 0.6 is 22.7 Å². The van der Waals surface area contributed by atoms with Gasteiger partial charge < -0.3 is 9.72 Å². The van der Waals surface area contributed by atoms with E-state index in [4.69, 9.17) is 9.73 Å². The normalized spacial score (nSPS) is 16.0. The summed E-state index contributed by atoms with van der Waals surface area (Å²) in [5.74, 6) is -0.466. The lowest BCUT2D eigenvalue weighted by Gasteiger charge is -2.24. The summed E-state index contributed by atoms with van der Waals surface area (Å²) >= 11 is 2.81. The molecule has 4 aromatic rings. The summed E-state index contributed by atoms with van der Waals surface area (Å²) in [5.41, 5.74) is 2.36. The van der Waals surface area contributed by atoms with Crippen LogP contribution in [0.15, 0.2) is 81.5 Å². The Morgan fingerprint density at radius 1 is 1.19 bits per heavy atom. The molecule has 0 saturated heterocycles. The maximum atomic E-state index is 13.5. The van der Waals surface area contributed by atoms with E-state index in [-0.39, 0.29) is 12.2 Å². The minimum absolute atomic E-state index is 0.185. The predicted molar refractivity (Wildman–Crippen MR) is 126 cm³/mol. The number of hydrogen-bond donors (Lipinski definition) is 1. The quantitative estimate of drug-likeness (QED) is 0.463. The number of thiazole rings is 1. The molecule has 6 nitrogen and oxygen atoms in total. The molecule has 0 amide bonds. The highest BCUT2D eigenvalue weighted by atomic mass is 32.1. The number of nitrogens with one attached hydrogen (secondary N) is 1. The van der Waals surface area contributed by atoms with Crippen molar-refractivity contribution >= 4 is 40.4 Å². The first kappa shape index (κ1) is 20.4. The zero-order valence-corrected chi connectivity index (χ0v) is 18.8. The summed E-state index contributed by atoms with van der Waals surface area (Å²) in [4.78, 5) is 36.1. The number of carbonyl (C=O) groups excluding carboxylic acids is 1. The number of rotatable bonds is 5. The van der Waals surface area contributed by atoms with Crippen LogP contribution in [0.25, 0.3) is 11.8 Å². The minimum atomic E-state index is -0.605. The van der Waals surface area contributed by atoms with Crippen LogP contribution in [0.3, 0.4) is 0 Å². The lowest BCUT2D eigenvalue weighted by Crippen LogP contribution is -2.39. The van der Waals surface area contributed by atoms with Crippen LogP contribution in [-0.2, 0) is 9.53 Å². The van der Waals surface area contributed by atoms with Crippen LogP contribution in [0.5, 0.6) is 0 Å². The molecule has 3 aromatic heterocycles. The standard InChI is InChI=1S/C24H19N3O3S2/c1-2-30-23(29)19-20(15-8-4-3-5-9-15)26-24-27(21(19)17-11-7-13-31-17)22(28)18(32-24)14-16-10-6-12-25-16/h3-14,21,25H,2H2,1H3/t21-/m1/s1. The Hall–Kier alpha value is -3.49. The monoisotopic (exact) mass is 461 g/mol. The summed E-state index contributed by atoms with van der Waals surface area (Å²) in [6.07, 6.45) is 3.62. The van der Waals surface area contributed by atoms with Crippen LogP contribution in [0, 0.1) is 0 Å². The van der Waals surface area contributed by atoms with E-state index in [1.54, 1.807) is 11.5 Å². The molecule has 8 heteroatoms. The fourth-order valence-electron chi connectivity index (χ4n) is 3.73. The van der Waals surface area contributed by atoms with Gasteiger partial charge in [-0.15, -0.1) is 11.3 Å². The van der Waals surface area contributed by atoms with E-state index in [0.29, 0.717) is 20.6 Å². The summed E-state index contributed by atoms with van der Waals surface area (Å²) in [6.45, 7) is 2.01. The maximum Gasteiger partial charge on any atom is 0.338 e. The summed E-state index contributed by atoms with van der Waals surface area (Å²) < 4.78 is 7.59. The van der Waals surface area contributed by atoms with Gasteiger partial charge in [0.15, 0.2) is 4.80 Å². The third-order valence-electron chi connectivity index (χ3n) is 5.09. The SMILES string of the molecule is CCOC(=O)C1=C(c2ccccc2)N=c2sc(=Cc3ccc[nH]3)c(=O)n2[C@@H]1c1cccs1. The molecule has 32 heavy (non-hydrogen) atoms. The number of fused-ring (bicyclic) bond motifs is 1. The number of nitrogens with zero attached hydrogens (tertiary/aromatic N) is 2. The first-order valence-electron chi connectivity index (χ1n) is 10.1. The predicted octanol–water partition coefficient (Wildman–Crippen LogP) is 3.33. The van der Waals surface area contributed by atoms with Gasteiger partial charge in [0.2, 0.25) is 0 Å². The van der Waals surface area contributed by atoms with Gasteiger partial charge in [-0.1, -0.05) is 47.7 Å². The highest BCUT2D eigenvalue weighted by molar-refractivity contribution is 7.10. The summed E-state index contributed by atoms with van der Waals surface area (Å²) in [7, 11) is 0. The molecular weight excluding hydrogens is 442 g/mol. The molecule has 1 aliphatic rings. The van der Waals surface area contributed by atoms with Crippen molar-refractivity contribution in [3.05, 3.63) is 108 Å². The average Bonchev–Trinajstić information content (AvgIpc) is 3.57. The number of thiophene rings is 1. The Bertz CT molecular complexity index is 1460. The van der Waals surface area contributed by atoms with Crippen LogP contribution in [0.2, 0.25) is 0 Å². The van der Waals surface area contributed by atoms with Gasteiger partial charge in [-0.05, 0) is 36.6 Å². The van der Waals surface area contributed by atoms with Gasteiger partial charge >= 0.3 is 5.97 Å². The van der Waals surface area contributed by atoms with Crippen LogP contribution in [0.1, 0.15) is 29.1 Å². The fourth-order valence-corrected chi connectivity index (χ4v) is 5.55. The molecular formula is C24H19N3O3S2. The zero-order valence-electron chi connectivity index (χ0n) is 17.1. The Morgan fingerprint density at radius 3 is 2.72 bits per heavy atom. The Kier molecular flexibility index (Phi) is 5.46. The van der Waals surface area contributed by atoms with E-state index >= 15 is 0 Å². The van der Waals surface area contributed by atoms with Crippen molar-refractivity contribution in [1.29, 1.82) is 0 Å². The number of ether oxygens (including phenoxy) is 1. The minimum Gasteiger partial charge on any atom is -0.463 e. The second-order valence-electron chi connectivity index (χ2n) is 7.07. The molecule has 0 fully saturated rings. The van der Waals surface area contributed by atoms with Gasteiger partial charge in [-0.25, -0.2) is 9.79 Å². The van der Waals surface area contributed by atoms with E-state index in [0.717, 1.165) is 16.1 Å². The van der Waals surface area contributed by atoms with Crippen LogP contribution in [0.4, 0.5) is 0 Å². The number of hydrogen-bond acceptors (Lipinski definition) is 6. The van der Waals surface area contributed by atoms with Crippen molar-refractivity contribution < 1.29 is 9.53 Å². The molecule has 1 atom stereocenters. The second-order valence-corrected chi connectivity index (χ2v) is 9.06. The largest absolute Gasteiger partial charge is 0.463 e. The first-order valence-corrected chi connectivity index (χ1v) is 11.8. The lowest BCUT2D eigenvalue weighted by atomic mass is 9.97. The molecule has 1 aliphatic heterocycles. The van der Waals surface area contributed by atoms with Crippen molar-refractivity contribution in [2.45, 2.75) is 13.0 Å². The Morgan fingerprint density at radius 2 is 2.03 bits per heavy atom. The van der Waals surface area contributed by atoms with Crippen molar-refractivity contribution in [3.63, 3.8) is 0 Å².